The number of non-ortho nitro benzene ring substituents is 1. The van der Waals surface area contributed by atoms with E-state index < -0.39 is 58.6 Å². The lowest BCUT2D eigenvalue weighted by Crippen LogP contribution is -2.66. The van der Waals surface area contributed by atoms with Gasteiger partial charge in [-0.3, -0.25) is 20.2 Å². The van der Waals surface area contributed by atoms with E-state index >= 15 is 0 Å². The van der Waals surface area contributed by atoms with Crippen molar-refractivity contribution in [2.75, 3.05) is 11.9 Å². The second-order valence-electron chi connectivity index (χ2n) is 10.7. The maximum Gasteiger partial charge on any atom is 0.411 e. The number of nitrogens with zero attached hydrogens (tertiary/aromatic N) is 2. The van der Waals surface area contributed by atoms with Crippen molar-refractivity contribution in [3.63, 3.8) is 0 Å². The third-order valence-electron chi connectivity index (χ3n) is 8.00. The van der Waals surface area contributed by atoms with Crippen molar-refractivity contribution in [3.8, 4) is 0 Å². The fourth-order valence-corrected chi connectivity index (χ4v) is 6.04. The molecule has 4 atom stereocenters. The Morgan fingerprint density at radius 1 is 1.19 bits per heavy atom. The molecule has 0 aliphatic carbocycles. The number of aliphatic hydroxyl groups is 1. The predicted molar refractivity (Wildman–Crippen MR) is 148 cm³/mol. The number of rotatable bonds is 8. The molecule has 0 radical (unpaired) electrons. The van der Waals surface area contributed by atoms with Gasteiger partial charge in [0.15, 0.2) is 0 Å². The van der Waals surface area contributed by atoms with Gasteiger partial charge in [0.05, 0.1) is 23.0 Å². The number of hydrogen-bond donors (Lipinski definition) is 3. The number of carboxylic acids is 1. The zero-order chi connectivity index (χ0) is 30.5. The van der Waals surface area contributed by atoms with Gasteiger partial charge >= 0.3 is 17.7 Å². The van der Waals surface area contributed by atoms with Gasteiger partial charge in [0.1, 0.15) is 17.9 Å². The highest BCUT2D eigenvalue weighted by molar-refractivity contribution is 6.00. The summed E-state index contributed by atoms with van der Waals surface area (Å²) in [6.45, 7) is 4.42. The van der Waals surface area contributed by atoms with Gasteiger partial charge in [0, 0.05) is 46.3 Å². The van der Waals surface area contributed by atoms with E-state index in [4.69, 9.17) is 9.15 Å². The fraction of sp³-hybridized carbons (Fsp3) is 0.310. The van der Waals surface area contributed by atoms with Crippen molar-refractivity contribution in [1.82, 2.24) is 4.90 Å². The number of benzene rings is 2. The molecule has 2 amide bonds. The molecule has 2 aromatic carbocycles. The van der Waals surface area contributed by atoms with Crippen LogP contribution in [0.2, 0.25) is 0 Å². The monoisotopic (exact) mass is 577 g/mol. The summed E-state index contributed by atoms with van der Waals surface area (Å²) >= 11 is 0. The molecule has 5 rings (SSSR count). The first-order valence-electron chi connectivity index (χ1n) is 13.0. The second kappa shape index (κ2) is 10.4. The maximum absolute atomic E-state index is 13.0. The number of ether oxygens (including phenoxy) is 1. The van der Waals surface area contributed by atoms with Crippen LogP contribution < -0.4 is 10.9 Å². The Morgan fingerprint density at radius 3 is 2.50 bits per heavy atom. The van der Waals surface area contributed by atoms with Crippen molar-refractivity contribution < 1.29 is 38.7 Å². The molecule has 3 aromatic rings. The number of aryl methyl sites for hydroxylation is 1. The van der Waals surface area contributed by atoms with Gasteiger partial charge in [-0.15, -0.1) is 0 Å². The van der Waals surface area contributed by atoms with Crippen LogP contribution in [0.5, 0.6) is 0 Å². The van der Waals surface area contributed by atoms with Crippen LogP contribution in [-0.2, 0) is 20.7 Å². The number of aliphatic carboxylic acids is 1. The zero-order valence-corrected chi connectivity index (χ0v) is 22.8. The van der Waals surface area contributed by atoms with Gasteiger partial charge in [-0.1, -0.05) is 19.1 Å². The Bertz CT molecular complexity index is 1730. The van der Waals surface area contributed by atoms with E-state index in [0.29, 0.717) is 16.5 Å². The number of fused-ring (bicyclic) bond motifs is 2. The third kappa shape index (κ3) is 4.77. The van der Waals surface area contributed by atoms with Gasteiger partial charge in [0.25, 0.3) is 5.69 Å². The molecule has 2 aliphatic heterocycles. The van der Waals surface area contributed by atoms with E-state index in [1.54, 1.807) is 26.0 Å². The molecule has 3 N–H and O–H groups in total. The Hall–Kier alpha value is -5.04. The smallest absolute Gasteiger partial charge is 0.411 e. The first-order chi connectivity index (χ1) is 19.8. The van der Waals surface area contributed by atoms with Crippen LogP contribution in [0, 0.1) is 28.4 Å². The van der Waals surface area contributed by atoms with Crippen LogP contribution in [0.25, 0.3) is 11.0 Å². The van der Waals surface area contributed by atoms with E-state index in [0.717, 1.165) is 4.90 Å². The highest BCUT2D eigenvalue weighted by Gasteiger charge is 2.66. The lowest BCUT2D eigenvalue weighted by atomic mass is 9.65. The topological polar surface area (TPSA) is 190 Å². The molecule has 1 aromatic heterocycles. The fourth-order valence-electron chi connectivity index (χ4n) is 6.04. The average Bonchev–Trinajstić information content (AvgIpc) is 3.11. The molecule has 0 bridgehead atoms. The number of nitrogens with one attached hydrogen (secondary N) is 1. The molecule has 0 unspecified atom stereocenters. The molecule has 0 spiro atoms. The summed E-state index contributed by atoms with van der Waals surface area (Å²) in [6, 6.07) is 11.0. The minimum absolute atomic E-state index is 0.122. The minimum atomic E-state index is -1.40. The normalized spacial score (nSPS) is 22.0. The van der Waals surface area contributed by atoms with Crippen LogP contribution in [0.3, 0.4) is 0 Å². The number of carbonyl (C=O) groups excluding carboxylic acids is 2. The van der Waals surface area contributed by atoms with Crippen LogP contribution in [0.1, 0.15) is 25.0 Å². The molecule has 1 fully saturated rings. The summed E-state index contributed by atoms with van der Waals surface area (Å²) in [5.74, 6) is -2.86. The number of nitro groups is 1. The summed E-state index contributed by atoms with van der Waals surface area (Å²) < 4.78 is 10.7. The Morgan fingerprint density at radius 2 is 1.88 bits per heavy atom. The van der Waals surface area contributed by atoms with E-state index in [-0.39, 0.29) is 34.6 Å². The van der Waals surface area contributed by atoms with Gasteiger partial charge in [0.2, 0.25) is 5.91 Å². The molecule has 0 saturated carbocycles. The van der Waals surface area contributed by atoms with Crippen molar-refractivity contribution in [2.45, 2.75) is 39.3 Å². The standard InChI is InChI=1S/C29H27N3O10/c1-14-10-22(34)42-21-11-17(6-9-19(14)21)30-28(38)41-13-20-24(27(36)37)31-25(23(15(2)33)26(31)35)29(20,3)12-16-4-7-18(8-5-16)32(39)40/h4-11,15,23,25,33H,12-13H2,1-3H3,(H,30,38)(H,36,37)/t15-,23-,25-,29+/m1/s1. The number of carboxylic acid groups (broad SMARTS) is 1. The van der Waals surface area contributed by atoms with Crippen molar-refractivity contribution in [2.24, 2.45) is 11.3 Å². The van der Waals surface area contributed by atoms with Gasteiger partial charge < -0.3 is 24.3 Å². The van der Waals surface area contributed by atoms with Crippen molar-refractivity contribution in [1.29, 1.82) is 0 Å². The molecule has 218 valence electrons. The van der Waals surface area contributed by atoms with E-state index in [1.165, 1.54) is 43.3 Å². The number of β-lactam (4-membered cyclic amide) rings is 1. The Labute approximate surface area is 238 Å². The highest BCUT2D eigenvalue weighted by atomic mass is 16.6. The quantitative estimate of drug-likeness (QED) is 0.155. The number of amides is 2. The summed E-state index contributed by atoms with van der Waals surface area (Å²) in [5.41, 5.74) is -0.107. The van der Waals surface area contributed by atoms with Gasteiger partial charge in [-0.2, -0.15) is 0 Å². The predicted octanol–water partition coefficient (Wildman–Crippen LogP) is 3.37. The maximum atomic E-state index is 13.0. The summed E-state index contributed by atoms with van der Waals surface area (Å²) in [4.78, 5) is 61.7. The Kier molecular flexibility index (Phi) is 7.06. The number of aliphatic hydroxyl groups excluding tert-OH is 1. The first-order valence-corrected chi connectivity index (χ1v) is 13.0. The molecule has 13 heteroatoms. The molecule has 2 aliphatic rings. The van der Waals surface area contributed by atoms with Crippen LogP contribution in [0.15, 0.2) is 69.0 Å². The van der Waals surface area contributed by atoms with E-state index in [2.05, 4.69) is 5.32 Å². The third-order valence-corrected chi connectivity index (χ3v) is 8.00. The molecule has 13 nitrogen and oxygen atoms in total. The van der Waals surface area contributed by atoms with Crippen LogP contribution >= 0.6 is 0 Å². The molecule has 3 heterocycles. The average molecular weight is 578 g/mol. The molecular formula is C29H27N3O10. The largest absolute Gasteiger partial charge is 0.477 e. The summed E-state index contributed by atoms with van der Waals surface area (Å²) in [5, 5.41) is 34.8. The number of hydrogen-bond acceptors (Lipinski definition) is 9. The van der Waals surface area contributed by atoms with E-state index in [9.17, 15) is 39.5 Å². The SMILES string of the molecule is Cc1cc(=O)oc2cc(NC(=O)OCC3=C(C(=O)O)N4C(=O)[C@H]([C@@H](C)O)[C@@H]4[C@@]3(C)Cc3ccc([N+](=O)[O-])cc3)ccc12. The lowest BCUT2D eigenvalue weighted by molar-refractivity contribution is -0.384. The Balaban J connectivity index is 1.44. The summed E-state index contributed by atoms with van der Waals surface area (Å²) in [7, 11) is 0. The van der Waals surface area contributed by atoms with Crippen LogP contribution in [0.4, 0.5) is 16.2 Å². The highest BCUT2D eigenvalue weighted by Crippen LogP contribution is 2.55. The van der Waals surface area contributed by atoms with Gasteiger partial charge in [-0.05, 0) is 43.5 Å². The number of anilines is 1. The molecule has 1 saturated heterocycles. The number of nitro benzene ring substituents is 1. The van der Waals surface area contributed by atoms with Crippen molar-refractivity contribution >= 4 is 40.3 Å². The lowest BCUT2D eigenvalue weighted by Gasteiger charge is -2.51. The molecular weight excluding hydrogens is 550 g/mol. The van der Waals surface area contributed by atoms with Crippen molar-refractivity contribution in [3.05, 3.63) is 91.5 Å². The zero-order valence-electron chi connectivity index (χ0n) is 22.8. The first kappa shape index (κ1) is 28.5. The number of carbonyl (C=O) groups is 3. The molecule has 42 heavy (non-hydrogen) atoms. The van der Waals surface area contributed by atoms with Crippen LogP contribution in [-0.4, -0.2) is 56.8 Å². The summed E-state index contributed by atoms with van der Waals surface area (Å²) in [6.07, 6.45) is -1.86. The minimum Gasteiger partial charge on any atom is -0.477 e. The second-order valence-corrected chi connectivity index (χ2v) is 10.7. The van der Waals surface area contributed by atoms with E-state index in [1.807, 2.05) is 0 Å². The van der Waals surface area contributed by atoms with Gasteiger partial charge in [-0.25, -0.2) is 14.4 Å².